The van der Waals surface area contributed by atoms with E-state index >= 15 is 0 Å². The van der Waals surface area contributed by atoms with Crippen molar-refractivity contribution in [2.24, 2.45) is 5.41 Å². The lowest BCUT2D eigenvalue weighted by Crippen LogP contribution is -2.33. The van der Waals surface area contributed by atoms with E-state index in [0.717, 1.165) is 31.3 Å². The second-order valence-electron chi connectivity index (χ2n) is 6.88. The predicted octanol–water partition coefficient (Wildman–Crippen LogP) is 5.49. The normalized spacial score (nSPS) is 20.7. The molecule has 3 rings (SSSR count). The van der Waals surface area contributed by atoms with E-state index in [9.17, 15) is 0 Å². The molecule has 0 spiro atoms. The Kier molecular flexibility index (Phi) is 3.98. The standard InChI is InChI=1S/C17H22Cl2N2/c1-4-5-20-13-8-17(2,3)9-14-15(13)11-6-10(18)7-12(19)16(11)21-14/h6-7,13,20-21H,4-5,8-9H2,1-3H3. The zero-order chi connectivity index (χ0) is 15.2. The first-order valence-electron chi connectivity index (χ1n) is 7.64. The van der Waals surface area contributed by atoms with Gasteiger partial charge in [-0.25, -0.2) is 0 Å². The molecule has 0 fully saturated rings. The summed E-state index contributed by atoms with van der Waals surface area (Å²) in [4.78, 5) is 3.54. The van der Waals surface area contributed by atoms with Gasteiger partial charge in [0.15, 0.2) is 0 Å². The highest BCUT2D eigenvalue weighted by Crippen LogP contribution is 2.45. The first-order chi connectivity index (χ1) is 9.91. The Morgan fingerprint density at radius 3 is 2.81 bits per heavy atom. The average Bonchev–Trinajstić information content (AvgIpc) is 2.73. The van der Waals surface area contributed by atoms with E-state index in [1.165, 1.54) is 16.6 Å². The Hall–Kier alpha value is -0.700. The van der Waals surface area contributed by atoms with Crippen LogP contribution in [0.1, 0.15) is 50.9 Å². The molecule has 0 bridgehead atoms. The molecule has 1 unspecified atom stereocenters. The zero-order valence-electron chi connectivity index (χ0n) is 12.8. The molecule has 0 radical (unpaired) electrons. The molecule has 1 aromatic heterocycles. The molecule has 2 nitrogen and oxygen atoms in total. The van der Waals surface area contributed by atoms with Crippen molar-refractivity contribution in [3.8, 4) is 0 Å². The van der Waals surface area contributed by atoms with Crippen LogP contribution >= 0.6 is 23.2 Å². The first kappa shape index (κ1) is 15.2. The van der Waals surface area contributed by atoms with Crippen molar-refractivity contribution in [2.75, 3.05) is 6.54 Å². The lowest BCUT2D eigenvalue weighted by molar-refractivity contribution is 0.257. The largest absolute Gasteiger partial charge is 0.357 e. The van der Waals surface area contributed by atoms with E-state index in [0.29, 0.717) is 16.1 Å². The second-order valence-corrected chi connectivity index (χ2v) is 7.72. The lowest BCUT2D eigenvalue weighted by atomic mass is 9.74. The summed E-state index contributed by atoms with van der Waals surface area (Å²) >= 11 is 12.6. The number of halogens is 2. The summed E-state index contributed by atoms with van der Waals surface area (Å²) in [5.41, 5.74) is 3.98. The summed E-state index contributed by atoms with van der Waals surface area (Å²) in [5, 5.41) is 6.28. The van der Waals surface area contributed by atoms with Gasteiger partial charge in [0.05, 0.1) is 10.5 Å². The fourth-order valence-electron chi connectivity index (χ4n) is 3.53. The zero-order valence-corrected chi connectivity index (χ0v) is 14.3. The minimum atomic E-state index is 0.287. The third-order valence-corrected chi connectivity index (χ3v) is 4.86. The quantitative estimate of drug-likeness (QED) is 0.767. The molecule has 2 aromatic rings. The van der Waals surface area contributed by atoms with Crippen molar-refractivity contribution in [1.29, 1.82) is 0 Å². The van der Waals surface area contributed by atoms with Crippen LogP contribution in [0.3, 0.4) is 0 Å². The number of aromatic amines is 1. The Morgan fingerprint density at radius 1 is 1.33 bits per heavy atom. The average molecular weight is 325 g/mol. The minimum Gasteiger partial charge on any atom is -0.357 e. The van der Waals surface area contributed by atoms with Crippen LogP contribution in [0.25, 0.3) is 10.9 Å². The van der Waals surface area contributed by atoms with E-state index in [4.69, 9.17) is 23.2 Å². The van der Waals surface area contributed by atoms with E-state index < -0.39 is 0 Å². The number of fused-ring (bicyclic) bond motifs is 3. The first-order valence-corrected chi connectivity index (χ1v) is 8.40. The summed E-state index contributed by atoms with van der Waals surface area (Å²) in [5.74, 6) is 0. The maximum absolute atomic E-state index is 6.37. The van der Waals surface area contributed by atoms with Crippen molar-refractivity contribution in [3.05, 3.63) is 33.4 Å². The van der Waals surface area contributed by atoms with Crippen LogP contribution in [-0.2, 0) is 6.42 Å². The fraction of sp³-hybridized carbons (Fsp3) is 0.529. The van der Waals surface area contributed by atoms with Crippen LogP contribution in [-0.4, -0.2) is 11.5 Å². The summed E-state index contributed by atoms with van der Waals surface area (Å²) in [6.45, 7) is 7.89. The van der Waals surface area contributed by atoms with Gasteiger partial charge in [-0.1, -0.05) is 44.0 Å². The highest BCUT2D eigenvalue weighted by molar-refractivity contribution is 6.38. The van der Waals surface area contributed by atoms with Gasteiger partial charge in [-0.3, -0.25) is 0 Å². The SMILES string of the molecule is CCCNC1CC(C)(C)Cc2[nH]c3c(Cl)cc(Cl)cc3c21. The van der Waals surface area contributed by atoms with Crippen molar-refractivity contribution in [3.63, 3.8) is 0 Å². The number of nitrogens with one attached hydrogen (secondary N) is 2. The van der Waals surface area contributed by atoms with Gasteiger partial charge in [0, 0.05) is 22.1 Å². The van der Waals surface area contributed by atoms with E-state index in [1.807, 2.05) is 12.1 Å². The third kappa shape index (κ3) is 2.81. The second kappa shape index (κ2) is 5.49. The van der Waals surface area contributed by atoms with Crippen LogP contribution in [0, 0.1) is 5.41 Å². The number of aromatic nitrogens is 1. The Morgan fingerprint density at radius 2 is 2.10 bits per heavy atom. The van der Waals surface area contributed by atoms with E-state index in [1.54, 1.807) is 0 Å². The number of hydrogen-bond donors (Lipinski definition) is 2. The fourth-order valence-corrected chi connectivity index (χ4v) is 4.07. The molecule has 1 heterocycles. The van der Waals surface area contributed by atoms with Crippen molar-refractivity contribution in [2.45, 2.75) is 46.1 Å². The monoisotopic (exact) mass is 324 g/mol. The lowest BCUT2D eigenvalue weighted by Gasteiger charge is -2.36. The van der Waals surface area contributed by atoms with Crippen molar-refractivity contribution in [1.82, 2.24) is 10.3 Å². The molecule has 1 aliphatic carbocycles. The summed E-state index contributed by atoms with van der Waals surface area (Å²) in [6.07, 6.45) is 3.32. The van der Waals surface area contributed by atoms with Crippen LogP contribution in [0.15, 0.2) is 12.1 Å². The number of benzene rings is 1. The molecule has 4 heteroatoms. The van der Waals surface area contributed by atoms with Gasteiger partial charge in [-0.2, -0.15) is 0 Å². The molecule has 1 atom stereocenters. The molecule has 0 aliphatic heterocycles. The highest BCUT2D eigenvalue weighted by atomic mass is 35.5. The summed E-state index contributed by atoms with van der Waals surface area (Å²) in [7, 11) is 0. The third-order valence-electron chi connectivity index (χ3n) is 4.35. The molecular formula is C17H22Cl2N2. The Labute approximate surface area is 136 Å². The van der Waals surface area contributed by atoms with Gasteiger partial charge >= 0.3 is 0 Å². The molecular weight excluding hydrogens is 303 g/mol. The topological polar surface area (TPSA) is 27.8 Å². The molecule has 1 aliphatic rings. The van der Waals surface area contributed by atoms with Crippen LogP contribution in [0.2, 0.25) is 10.0 Å². The van der Waals surface area contributed by atoms with Gasteiger partial charge in [0.25, 0.3) is 0 Å². The summed E-state index contributed by atoms with van der Waals surface area (Å²) in [6, 6.07) is 4.22. The predicted molar refractivity (Wildman–Crippen MR) is 91.5 cm³/mol. The smallest absolute Gasteiger partial charge is 0.0662 e. The van der Waals surface area contributed by atoms with Gasteiger partial charge in [0.1, 0.15) is 0 Å². The van der Waals surface area contributed by atoms with Crippen molar-refractivity contribution >= 4 is 34.1 Å². The Bertz CT molecular complexity index is 673. The van der Waals surface area contributed by atoms with E-state index in [2.05, 4.69) is 31.1 Å². The van der Waals surface area contributed by atoms with Crippen molar-refractivity contribution < 1.29 is 0 Å². The van der Waals surface area contributed by atoms with Gasteiger partial charge in [-0.05, 0) is 48.9 Å². The number of hydrogen-bond acceptors (Lipinski definition) is 1. The van der Waals surface area contributed by atoms with Gasteiger partial charge in [0.2, 0.25) is 0 Å². The molecule has 114 valence electrons. The molecule has 0 saturated heterocycles. The molecule has 1 aromatic carbocycles. The maximum atomic E-state index is 6.37. The molecule has 0 saturated carbocycles. The summed E-state index contributed by atoms with van der Waals surface area (Å²) < 4.78 is 0. The van der Waals surface area contributed by atoms with Gasteiger partial charge < -0.3 is 10.3 Å². The molecule has 2 N–H and O–H groups in total. The van der Waals surface area contributed by atoms with Crippen LogP contribution in [0.4, 0.5) is 0 Å². The molecule has 0 amide bonds. The van der Waals surface area contributed by atoms with E-state index in [-0.39, 0.29) is 5.41 Å². The number of H-pyrrole nitrogens is 1. The van der Waals surface area contributed by atoms with Crippen LogP contribution in [0.5, 0.6) is 0 Å². The maximum Gasteiger partial charge on any atom is 0.0662 e. The minimum absolute atomic E-state index is 0.287. The Balaban J connectivity index is 2.17. The van der Waals surface area contributed by atoms with Crippen LogP contribution < -0.4 is 5.32 Å². The van der Waals surface area contributed by atoms with Gasteiger partial charge in [-0.15, -0.1) is 0 Å². The number of rotatable bonds is 3. The molecule has 21 heavy (non-hydrogen) atoms. The highest BCUT2D eigenvalue weighted by Gasteiger charge is 2.34.